The molecule has 126 valence electrons. The van der Waals surface area contributed by atoms with Gasteiger partial charge in [-0.05, 0) is 31.9 Å². The normalized spacial score (nSPS) is 18.5. The summed E-state index contributed by atoms with van der Waals surface area (Å²) >= 11 is 0. The van der Waals surface area contributed by atoms with Gasteiger partial charge in [0.15, 0.2) is 0 Å². The molecule has 3 heterocycles. The zero-order valence-electron chi connectivity index (χ0n) is 14.1. The molecule has 1 amide bonds. The van der Waals surface area contributed by atoms with Crippen LogP contribution in [0, 0.1) is 12.8 Å². The maximum Gasteiger partial charge on any atom is 0.225 e. The average molecular weight is 325 g/mol. The number of aryl methyl sites for hydroxylation is 1. The lowest BCUT2D eigenvalue weighted by molar-refractivity contribution is -0.138. The minimum absolute atomic E-state index is 0.290. The van der Waals surface area contributed by atoms with Gasteiger partial charge < -0.3 is 14.4 Å². The van der Waals surface area contributed by atoms with Crippen molar-refractivity contribution in [2.24, 2.45) is 5.92 Å². The van der Waals surface area contributed by atoms with Gasteiger partial charge in [0.05, 0.1) is 0 Å². The van der Waals surface area contributed by atoms with Gasteiger partial charge in [-0.2, -0.15) is 0 Å². The van der Waals surface area contributed by atoms with Crippen LogP contribution in [0.2, 0.25) is 0 Å². The number of aromatic nitrogens is 3. The van der Waals surface area contributed by atoms with E-state index in [2.05, 4.69) is 14.9 Å². The van der Waals surface area contributed by atoms with Gasteiger partial charge in [0.2, 0.25) is 5.91 Å². The van der Waals surface area contributed by atoms with Crippen LogP contribution in [-0.4, -0.2) is 51.5 Å². The molecule has 2 aliphatic rings. The van der Waals surface area contributed by atoms with Crippen LogP contribution in [0.5, 0.6) is 0 Å². The average Bonchev–Trinajstić information content (AvgIpc) is 3.07. The van der Waals surface area contributed by atoms with Crippen LogP contribution in [0.15, 0.2) is 30.6 Å². The molecule has 0 unspecified atom stereocenters. The minimum atomic E-state index is 0.290. The molecule has 6 nitrogen and oxygen atoms in total. The number of nitrogens with zero attached hydrogens (tertiary/aromatic N) is 5. The van der Waals surface area contributed by atoms with Gasteiger partial charge >= 0.3 is 0 Å². The molecular formula is C18H23N5O. The lowest BCUT2D eigenvalue weighted by Gasteiger charge is -2.38. The number of hydrogen-bond acceptors (Lipinski definition) is 4. The third kappa shape index (κ3) is 2.88. The molecule has 0 atom stereocenters. The van der Waals surface area contributed by atoms with Crippen LogP contribution in [0.25, 0.3) is 5.82 Å². The van der Waals surface area contributed by atoms with E-state index in [1.54, 1.807) is 0 Å². The summed E-state index contributed by atoms with van der Waals surface area (Å²) in [5.41, 5.74) is 0. The Morgan fingerprint density at radius 3 is 2.33 bits per heavy atom. The molecule has 2 fully saturated rings. The van der Waals surface area contributed by atoms with Crippen molar-refractivity contribution in [2.45, 2.75) is 26.2 Å². The number of carbonyl (C=O) groups is 1. The SMILES string of the molecule is Cc1nc(N2CCN(C(=O)C3CCC3)CC2)cc(-n2cccc2)n1. The van der Waals surface area contributed by atoms with Gasteiger partial charge in [-0.25, -0.2) is 9.97 Å². The van der Waals surface area contributed by atoms with Gasteiger partial charge in [0.1, 0.15) is 17.5 Å². The van der Waals surface area contributed by atoms with E-state index in [0.29, 0.717) is 5.91 Å². The second-order valence-electron chi connectivity index (χ2n) is 6.66. The molecule has 0 N–H and O–H groups in total. The zero-order valence-corrected chi connectivity index (χ0v) is 14.1. The molecule has 2 aromatic heterocycles. The first-order chi connectivity index (χ1) is 11.7. The Balaban J connectivity index is 1.46. The Kier molecular flexibility index (Phi) is 3.96. The Labute approximate surface area is 142 Å². The van der Waals surface area contributed by atoms with Crippen molar-refractivity contribution < 1.29 is 4.79 Å². The van der Waals surface area contributed by atoms with E-state index in [0.717, 1.165) is 56.5 Å². The molecule has 0 aromatic carbocycles. The fraction of sp³-hybridized carbons (Fsp3) is 0.500. The fourth-order valence-corrected chi connectivity index (χ4v) is 3.39. The Morgan fingerprint density at radius 2 is 1.71 bits per heavy atom. The zero-order chi connectivity index (χ0) is 16.5. The van der Waals surface area contributed by atoms with Crippen LogP contribution >= 0.6 is 0 Å². The summed E-state index contributed by atoms with van der Waals surface area (Å²) < 4.78 is 1.99. The summed E-state index contributed by atoms with van der Waals surface area (Å²) in [6.07, 6.45) is 7.33. The van der Waals surface area contributed by atoms with Gasteiger partial charge in [-0.3, -0.25) is 4.79 Å². The summed E-state index contributed by atoms with van der Waals surface area (Å²) in [5, 5.41) is 0. The van der Waals surface area contributed by atoms with Gasteiger partial charge in [0, 0.05) is 50.6 Å². The summed E-state index contributed by atoms with van der Waals surface area (Å²) in [6, 6.07) is 6.00. The van der Waals surface area contributed by atoms with Crippen LogP contribution < -0.4 is 4.90 Å². The highest BCUT2D eigenvalue weighted by Crippen LogP contribution is 2.29. The third-order valence-corrected chi connectivity index (χ3v) is 5.05. The van der Waals surface area contributed by atoms with Crippen molar-refractivity contribution in [1.82, 2.24) is 19.4 Å². The van der Waals surface area contributed by atoms with Gasteiger partial charge in [-0.1, -0.05) is 6.42 Å². The number of hydrogen-bond donors (Lipinski definition) is 0. The number of piperazine rings is 1. The molecule has 1 saturated carbocycles. The Hall–Kier alpha value is -2.37. The summed E-state index contributed by atoms with van der Waals surface area (Å²) in [6.45, 7) is 5.17. The van der Waals surface area contributed by atoms with Crippen molar-refractivity contribution in [3.05, 3.63) is 36.4 Å². The lowest BCUT2D eigenvalue weighted by atomic mass is 9.84. The van der Waals surface area contributed by atoms with Gasteiger partial charge in [-0.15, -0.1) is 0 Å². The first-order valence-electron chi connectivity index (χ1n) is 8.73. The number of carbonyl (C=O) groups excluding carboxylic acids is 1. The molecular weight excluding hydrogens is 302 g/mol. The first kappa shape index (κ1) is 15.2. The highest BCUT2D eigenvalue weighted by atomic mass is 16.2. The molecule has 1 aliphatic carbocycles. The van der Waals surface area contributed by atoms with E-state index >= 15 is 0 Å². The second-order valence-corrected chi connectivity index (χ2v) is 6.66. The maximum absolute atomic E-state index is 12.4. The molecule has 0 bridgehead atoms. The summed E-state index contributed by atoms with van der Waals surface area (Å²) in [5.74, 6) is 3.24. The summed E-state index contributed by atoms with van der Waals surface area (Å²) in [4.78, 5) is 25.8. The molecule has 0 radical (unpaired) electrons. The van der Waals surface area contributed by atoms with Crippen molar-refractivity contribution in [1.29, 1.82) is 0 Å². The predicted octanol–water partition coefficient (Wildman–Crippen LogP) is 2.02. The van der Waals surface area contributed by atoms with E-state index in [4.69, 9.17) is 0 Å². The van der Waals surface area contributed by atoms with Crippen LogP contribution in [-0.2, 0) is 4.79 Å². The van der Waals surface area contributed by atoms with Crippen molar-refractivity contribution >= 4 is 11.7 Å². The van der Waals surface area contributed by atoms with E-state index < -0.39 is 0 Å². The van der Waals surface area contributed by atoms with E-state index in [-0.39, 0.29) is 5.92 Å². The molecule has 0 spiro atoms. The van der Waals surface area contributed by atoms with Crippen molar-refractivity contribution in [3.8, 4) is 5.82 Å². The highest BCUT2D eigenvalue weighted by molar-refractivity contribution is 5.79. The standard InChI is InChI=1S/C18H23N5O/c1-14-19-16(21-7-2-3-8-21)13-17(20-14)22-9-11-23(12-10-22)18(24)15-5-4-6-15/h2-3,7-8,13,15H,4-6,9-12H2,1H3. The van der Waals surface area contributed by atoms with Crippen molar-refractivity contribution in [2.75, 3.05) is 31.1 Å². The van der Waals surface area contributed by atoms with Crippen LogP contribution in [0.4, 0.5) is 5.82 Å². The first-order valence-corrected chi connectivity index (χ1v) is 8.73. The Bertz CT molecular complexity index is 715. The maximum atomic E-state index is 12.4. The minimum Gasteiger partial charge on any atom is -0.353 e. The number of anilines is 1. The summed E-state index contributed by atoms with van der Waals surface area (Å²) in [7, 11) is 0. The molecule has 6 heteroatoms. The van der Waals surface area contributed by atoms with E-state index in [1.807, 2.05) is 47.0 Å². The molecule has 4 rings (SSSR count). The third-order valence-electron chi connectivity index (χ3n) is 5.05. The van der Waals surface area contributed by atoms with Gasteiger partial charge in [0.25, 0.3) is 0 Å². The van der Waals surface area contributed by atoms with E-state index in [1.165, 1.54) is 6.42 Å². The topological polar surface area (TPSA) is 54.3 Å². The molecule has 2 aromatic rings. The second kappa shape index (κ2) is 6.26. The quantitative estimate of drug-likeness (QED) is 0.866. The number of rotatable bonds is 3. The lowest BCUT2D eigenvalue weighted by Crippen LogP contribution is -2.51. The van der Waals surface area contributed by atoms with Crippen LogP contribution in [0.1, 0.15) is 25.1 Å². The largest absolute Gasteiger partial charge is 0.353 e. The molecule has 24 heavy (non-hydrogen) atoms. The smallest absolute Gasteiger partial charge is 0.225 e. The predicted molar refractivity (Wildman–Crippen MR) is 92.2 cm³/mol. The fourth-order valence-electron chi connectivity index (χ4n) is 3.39. The highest BCUT2D eigenvalue weighted by Gasteiger charge is 2.31. The Morgan fingerprint density at radius 1 is 1.04 bits per heavy atom. The number of amides is 1. The molecule has 1 aliphatic heterocycles. The monoisotopic (exact) mass is 325 g/mol. The van der Waals surface area contributed by atoms with E-state index in [9.17, 15) is 4.79 Å². The van der Waals surface area contributed by atoms with Crippen molar-refractivity contribution in [3.63, 3.8) is 0 Å². The molecule has 1 saturated heterocycles. The van der Waals surface area contributed by atoms with Crippen LogP contribution in [0.3, 0.4) is 0 Å².